The molecule has 0 fully saturated rings. The zero-order valence-corrected chi connectivity index (χ0v) is 11.5. The normalized spacial score (nSPS) is 11.7. The maximum absolute atomic E-state index is 12.5. The van der Waals surface area contributed by atoms with Crippen molar-refractivity contribution in [3.8, 4) is 0 Å². The molecule has 21 heavy (non-hydrogen) atoms. The second-order valence-corrected chi connectivity index (χ2v) is 4.36. The Morgan fingerprint density at radius 1 is 1.43 bits per heavy atom. The Bertz CT molecular complexity index is 644. The van der Waals surface area contributed by atoms with E-state index in [1.807, 2.05) is 6.92 Å². The Morgan fingerprint density at radius 2 is 2.14 bits per heavy atom. The number of alkyl halides is 3. The van der Waals surface area contributed by atoms with E-state index in [0.717, 1.165) is 16.4 Å². The van der Waals surface area contributed by atoms with E-state index in [2.05, 4.69) is 15.5 Å². The minimum Gasteiger partial charge on any atom is -0.345 e. The van der Waals surface area contributed by atoms with Crippen LogP contribution in [0.5, 0.6) is 0 Å². The monoisotopic (exact) mass is 301 g/mol. The van der Waals surface area contributed by atoms with Gasteiger partial charge in [-0.1, -0.05) is 0 Å². The Kier molecular flexibility index (Phi) is 4.01. The van der Waals surface area contributed by atoms with Crippen molar-refractivity contribution < 1.29 is 18.0 Å². The predicted octanol–water partition coefficient (Wildman–Crippen LogP) is 1.59. The van der Waals surface area contributed by atoms with Gasteiger partial charge < -0.3 is 5.32 Å². The molecule has 114 valence electrons. The number of halogens is 3. The third-order valence-electron chi connectivity index (χ3n) is 2.94. The van der Waals surface area contributed by atoms with E-state index in [4.69, 9.17) is 0 Å². The Labute approximate surface area is 118 Å². The molecule has 0 aromatic carbocycles. The third kappa shape index (κ3) is 3.23. The van der Waals surface area contributed by atoms with E-state index >= 15 is 0 Å². The lowest BCUT2D eigenvalue weighted by Crippen LogP contribution is -2.26. The van der Waals surface area contributed by atoms with Gasteiger partial charge in [-0.25, -0.2) is 0 Å². The molecular weight excluding hydrogens is 287 g/mol. The minimum absolute atomic E-state index is 0.148. The number of hydrogen-bond donors (Lipinski definition) is 1. The van der Waals surface area contributed by atoms with Crippen molar-refractivity contribution in [3.05, 3.63) is 35.4 Å². The van der Waals surface area contributed by atoms with Gasteiger partial charge in [0.2, 0.25) is 0 Å². The van der Waals surface area contributed by atoms with Crippen LogP contribution >= 0.6 is 0 Å². The summed E-state index contributed by atoms with van der Waals surface area (Å²) < 4.78 is 40.2. The lowest BCUT2D eigenvalue weighted by molar-refractivity contribution is -0.141. The van der Waals surface area contributed by atoms with Crippen LogP contribution in [0.2, 0.25) is 0 Å². The first-order valence-electron chi connectivity index (χ1n) is 6.23. The van der Waals surface area contributed by atoms with Crippen molar-refractivity contribution in [2.24, 2.45) is 7.05 Å². The third-order valence-corrected chi connectivity index (χ3v) is 2.94. The molecule has 2 heterocycles. The number of aromatic nitrogens is 4. The van der Waals surface area contributed by atoms with Gasteiger partial charge >= 0.3 is 6.18 Å². The standard InChI is InChI=1S/C12H14F3N5O/c1-3-20-8(4-5-17-20)7-16-11(21)9-6-10(12(13,14)15)18-19(9)2/h4-6H,3,7H2,1-2H3,(H,16,21). The zero-order chi connectivity index (χ0) is 15.6. The molecule has 2 aromatic heterocycles. The van der Waals surface area contributed by atoms with Gasteiger partial charge in [0, 0.05) is 25.9 Å². The predicted molar refractivity (Wildman–Crippen MR) is 67.3 cm³/mol. The van der Waals surface area contributed by atoms with Crippen LogP contribution in [-0.4, -0.2) is 25.5 Å². The minimum atomic E-state index is -4.57. The fraction of sp³-hybridized carbons (Fsp3) is 0.417. The first kappa shape index (κ1) is 15.1. The van der Waals surface area contributed by atoms with Crippen molar-refractivity contribution in [1.29, 1.82) is 0 Å². The highest BCUT2D eigenvalue weighted by Crippen LogP contribution is 2.28. The number of hydrogen-bond acceptors (Lipinski definition) is 3. The lowest BCUT2D eigenvalue weighted by atomic mass is 10.3. The molecule has 0 aliphatic heterocycles. The highest BCUT2D eigenvalue weighted by atomic mass is 19.4. The fourth-order valence-corrected chi connectivity index (χ4v) is 1.87. The summed E-state index contributed by atoms with van der Waals surface area (Å²) in [6.07, 6.45) is -2.98. The number of carbonyl (C=O) groups excluding carboxylic acids is 1. The van der Waals surface area contributed by atoms with Crippen LogP contribution in [0.25, 0.3) is 0 Å². The summed E-state index contributed by atoms with van der Waals surface area (Å²) in [6.45, 7) is 2.72. The maximum atomic E-state index is 12.5. The summed E-state index contributed by atoms with van der Waals surface area (Å²) in [4.78, 5) is 11.9. The molecule has 2 aromatic rings. The summed E-state index contributed by atoms with van der Waals surface area (Å²) in [5.41, 5.74) is -0.470. The Balaban J connectivity index is 2.09. The molecule has 0 saturated heterocycles. The number of rotatable bonds is 4. The maximum Gasteiger partial charge on any atom is 0.435 e. The molecule has 0 radical (unpaired) electrons. The van der Waals surface area contributed by atoms with E-state index < -0.39 is 17.8 Å². The summed E-state index contributed by atoms with van der Waals surface area (Å²) in [5.74, 6) is -0.621. The van der Waals surface area contributed by atoms with Gasteiger partial charge in [0.15, 0.2) is 5.69 Å². The smallest absolute Gasteiger partial charge is 0.345 e. The van der Waals surface area contributed by atoms with Crippen LogP contribution < -0.4 is 5.32 Å². The average molecular weight is 301 g/mol. The first-order chi connectivity index (χ1) is 9.82. The van der Waals surface area contributed by atoms with Crippen LogP contribution in [0.4, 0.5) is 13.2 Å². The van der Waals surface area contributed by atoms with Gasteiger partial charge in [-0.3, -0.25) is 14.2 Å². The average Bonchev–Trinajstić information content (AvgIpc) is 3.01. The number of amides is 1. The second kappa shape index (κ2) is 5.58. The zero-order valence-electron chi connectivity index (χ0n) is 11.5. The number of aryl methyl sites for hydroxylation is 2. The summed E-state index contributed by atoms with van der Waals surface area (Å²) in [7, 11) is 1.29. The van der Waals surface area contributed by atoms with Crippen molar-refractivity contribution in [3.63, 3.8) is 0 Å². The van der Waals surface area contributed by atoms with Crippen molar-refractivity contribution in [1.82, 2.24) is 24.9 Å². The number of nitrogens with zero attached hydrogens (tertiary/aromatic N) is 4. The molecule has 0 bridgehead atoms. The molecule has 0 atom stereocenters. The molecule has 0 aliphatic rings. The number of nitrogens with one attached hydrogen (secondary N) is 1. The fourth-order valence-electron chi connectivity index (χ4n) is 1.87. The molecule has 6 nitrogen and oxygen atoms in total. The SMILES string of the molecule is CCn1nccc1CNC(=O)c1cc(C(F)(F)F)nn1C. The van der Waals surface area contributed by atoms with Crippen molar-refractivity contribution >= 4 is 5.91 Å². The van der Waals surface area contributed by atoms with Gasteiger partial charge in [0.1, 0.15) is 5.69 Å². The van der Waals surface area contributed by atoms with E-state index in [-0.39, 0.29) is 12.2 Å². The summed E-state index contributed by atoms with van der Waals surface area (Å²) in [5, 5.41) is 9.89. The Morgan fingerprint density at radius 3 is 2.71 bits per heavy atom. The molecule has 1 N–H and O–H groups in total. The highest BCUT2D eigenvalue weighted by molar-refractivity contribution is 5.92. The van der Waals surface area contributed by atoms with Crippen LogP contribution in [0.3, 0.4) is 0 Å². The molecule has 1 amide bonds. The van der Waals surface area contributed by atoms with E-state index in [1.165, 1.54) is 7.05 Å². The van der Waals surface area contributed by atoms with Gasteiger partial charge in [-0.15, -0.1) is 0 Å². The highest BCUT2D eigenvalue weighted by Gasteiger charge is 2.35. The molecule has 0 aliphatic carbocycles. The van der Waals surface area contributed by atoms with E-state index in [1.54, 1.807) is 16.9 Å². The summed E-state index contributed by atoms with van der Waals surface area (Å²) in [6, 6.07) is 2.46. The quantitative estimate of drug-likeness (QED) is 0.932. The van der Waals surface area contributed by atoms with E-state index in [9.17, 15) is 18.0 Å². The molecule has 9 heteroatoms. The Hall–Kier alpha value is -2.32. The van der Waals surface area contributed by atoms with Gasteiger partial charge in [0.05, 0.1) is 12.2 Å². The van der Waals surface area contributed by atoms with Crippen LogP contribution in [0, 0.1) is 0 Å². The van der Waals surface area contributed by atoms with Gasteiger partial charge in [-0.05, 0) is 13.0 Å². The topological polar surface area (TPSA) is 64.7 Å². The largest absolute Gasteiger partial charge is 0.435 e. The molecule has 0 saturated carbocycles. The molecule has 2 rings (SSSR count). The van der Waals surface area contributed by atoms with Crippen molar-refractivity contribution in [2.45, 2.75) is 26.2 Å². The summed E-state index contributed by atoms with van der Waals surface area (Å²) >= 11 is 0. The first-order valence-corrected chi connectivity index (χ1v) is 6.23. The van der Waals surface area contributed by atoms with Gasteiger partial charge in [0.25, 0.3) is 5.91 Å². The van der Waals surface area contributed by atoms with Gasteiger partial charge in [-0.2, -0.15) is 23.4 Å². The second-order valence-electron chi connectivity index (χ2n) is 4.36. The van der Waals surface area contributed by atoms with Crippen LogP contribution in [-0.2, 0) is 26.3 Å². The van der Waals surface area contributed by atoms with Crippen LogP contribution in [0.1, 0.15) is 28.8 Å². The van der Waals surface area contributed by atoms with Crippen LogP contribution in [0.15, 0.2) is 18.3 Å². The molecular formula is C12H14F3N5O. The van der Waals surface area contributed by atoms with Crippen molar-refractivity contribution in [2.75, 3.05) is 0 Å². The molecule has 0 spiro atoms. The lowest BCUT2D eigenvalue weighted by Gasteiger charge is -2.07. The molecule has 0 unspecified atom stereocenters. The number of carbonyl (C=O) groups is 1. The van der Waals surface area contributed by atoms with E-state index in [0.29, 0.717) is 6.54 Å².